The molecule has 0 amide bonds. The highest BCUT2D eigenvalue weighted by Crippen LogP contribution is 2.15. The molecule has 0 saturated heterocycles. The molecule has 1 atom stereocenters. The molecule has 14 heavy (non-hydrogen) atoms. The van der Waals surface area contributed by atoms with Crippen LogP contribution in [0.3, 0.4) is 0 Å². The van der Waals surface area contributed by atoms with E-state index < -0.39 is 6.04 Å². The first kappa shape index (κ1) is 13.7. The van der Waals surface area contributed by atoms with Crippen molar-refractivity contribution in [3.05, 3.63) is 34.6 Å². The molecular formula is C9H12Cl2FNO. The number of hydrogen-bond donors (Lipinski definition) is 2. The maximum Gasteiger partial charge on any atom is 0.126 e. The first-order chi connectivity index (χ1) is 6.13. The average molecular weight is 240 g/mol. The highest BCUT2D eigenvalue weighted by Gasteiger charge is 2.07. The van der Waals surface area contributed by atoms with Gasteiger partial charge in [0.2, 0.25) is 0 Å². The van der Waals surface area contributed by atoms with Crippen molar-refractivity contribution in [1.29, 1.82) is 0 Å². The molecule has 5 heteroatoms. The molecule has 0 fully saturated rings. The molecule has 2 nitrogen and oxygen atoms in total. The molecule has 1 aromatic rings. The van der Waals surface area contributed by atoms with Gasteiger partial charge in [0.15, 0.2) is 0 Å². The van der Waals surface area contributed by atoms with Gasteiger partial charge in [-0.1, -0.05) is 11.6 Å². The van der Waals surface area contributed by atoms with E-state index in [9.17, 15) is 4.39 Å². The minimum atomic E-state index is -0.437. The standard InChI is InChI=1S/C9H11ClFNO.ClH/c10-7-1-2-9(11)6(3-7)4-8(12)5-13;/h1-3,8,13H,4-5,12H2;1H. The van der Waals surface area contributed by atoms with E-state index in [1.165, 1.54) is 18.2 Å². The van der Waals surface area contributed by atoms with Crippen LogP contribution in [0.1, 0.15) is 5.56 Å². The number of benzene rings is 1. The number of halogens is 3. The fourth-order valence-electron chi connectivity index (χ4n) is 1.05. The summed E-state index contributed by atoms with van der Waals surface area (Å²) < 4.78 is 13.1. The van der Waals surface area contributed by atoms with Crippen molar-refractivity contribution in [3.63, 3.8) is 0 Å². The minimum Gasteiger partial charge on any atom is -0.395 e. The van der Waals surface area contributed by atoms with E-state index in [0.717, 1.165) is 0 Å². The third-order valence-corrected chi connectivity index (χ3v) is 1.96. The molecule has 1 aromatic carbocycles. The molecule has 0 aromatic heterocycles. The minimum absolute atomic E-state index is 0. The van der Waals surface area contributed by atoms with Crippen LogP contribution in [0.25, 0.3) is 0 Å². The van der Waals surface area contributed by atoms with Crippen LogP contribution in [-0.4, -0.2) is 17.8 Å². The summed E-state index contributed by atoms with van der Waals surface area (Å²) in [5, 5.41) is 9.15. The zero-order valence-electron chi connectivity index (χ0n) is 7.41. The summed E-state index contributed by atoms with van der Waals surface area (Å²) in [6, 6.07) is 3.85. The van der Waals surface area contributed by atoms with Gasteiger partial charge < -0.3 is 10.8 Å². The van der Waals surface area contributed by atoms with E-state index in [1.54, 1.807) is 0 Å². The monoisotopic (exact) mass is 239 g/mol. The molecule has 0 aliphatic carbocycles. The molecule has 1 rings (SSSR count). The van der Waals surface area contributed by atoms with Gasteiger partial charge in [-0.05, 0) is 30.2 Å². The van der Waals surface area contributed by atoms with Gasteiger partial charge in [0.05, 0.1) is 6.61 Å². The normalized spacial score (nSPS) is 12.0. The topological polar surface area (TPSA) is 46.2 Å². The summed E-state index contributed by atoms with van der Waals surface area (Å²) in [6.45, 7) is -0.161. The summed E-state index contributed by atoms with van der Waals surface area (Å²) in [5.74, 6) is -0.340. The first-order valence-electron chi connectivity index (χ1n) is 3.94. The Labute approximate surface area is 93.3 Å². The number of nitrogens with two attached hydrogens (primary N) is 1. The van der Waals surface area contributed by atoms with E-state index in [0.29, 0.717) is 17.0 Å². The van der Waals surface area contributed by atoms with Crippen molar-refractivity contribution in [2.75, 3.05) is 6.61 Å². The lowest BCUT2D eigenvalue weighted by Crippen LogP contribution is -2.27. The third-order valence-electron chi connectivity index (χ3n) is 1.72. The third kappa shape index (κ3) is 3.80. The SMILES string of the molecule is Cl.NC(CO)Cc1cc(Cl)ccc1F. The van der Waals surface area contributed by atoms with Crippen LogP contribution in [0.2, 0.25) is 5.02 Å². The van der Waals surface area contributed by atoms with E-state index in [2.05, 4.69) is 0 Å². The molecule has 80 valence electrons. The van der Waals surface area contributed by atoms with E-state index in [-0.39, 0.29) is 24.8 Å². The summed E-state index contributed by atoms with van der Waals surface area (Å²) in [4.78, 5) is 0. The Bertz CT molecular complexity index is 296. The number of hydrogen-bond acceptors (Lipinski definition) is 2. The van der Waals surface area contributed by atoms with E-state index in [1.807, 2.05) is 0 Å². The van der Waals surface area contributed by atoms with Crippen LogP contribution in [0, 0.1) is 5.82 Å². The summed E-state index contributed by atoms with van der Waals surface area (Å²) in [5.41, 5.74) is 5.90. The second kappa shape index (κ2) is 6.19. The maximum absolute atomic E-state index is 13.1. The zero-order valence-corrected chi connectivity index (χ0v) is 8.98. The van der Waals surface area contributed by atoms with Gasteiger partial charge in [0.25, 0.3) is 0 Å². The summed E-state index contributed by atoms with van der Waals surface area (Å²) in [7, 11) is 0. The second-order valence-corrected chi connectivity index (χ2v) is 3.32. The number of aliphatic hydroxyl groups is 1. The van der Waals surface area contributed by atoms with Crippen molar-refractivity contribution in [3.8, 4) is 0 Å². The van der Waals surface area contributed by atoms with E-state index >= 15 is 0 Å². The molecule has 0 bridgehead atoms. The zero-order chi connectivity index (χ0) is 9.84. The fraction of sp³-hybridized carbons (Fsp3) is 0.333. The Morgan fingerprint density at radius 2 is 2.14 bits per heavy atom. The lowest BCUT2D eigenvalue weighted by Gasteiger charge is -2.08. The second-order valence-electron chi connectivity index (χ2n) is 2.88. The van der Waals surface area contributed by atoms with Gasteiger partial charge in [-0.3, -0.25) is 0 Å². The quantitative estimate of drug-likeness (QED) is 0.845. The van der Waals surface area contributed by atoms with Gasteiger partial charge in [0.1, 0.15) is 5.82 Å². The Hall–Kier alpha value is -0.350. The van der Waals surface area contributed by atoms with Crippen molar-refractivity contribution in [1.82, 2.24) is 0 Å². The van der Waals surface area contributed by atoms with Crippen molar-refractivity contribution >= 4 is 24.0 Å². The van der Waals surface area contributed by atoms with Crippen LogP contribution in [0.15, 0.2) is 18.2 Å². The predicted octanol–water partition coefficient (Wildman–Crippen LogP) is 1.76. The number of aliphatic hydroxyl groups excluding tert-OH is 1. The maximum atomic E-state index is 13.1. The van der Waals surface area contributed by atoms with Crippen molar-refractivity contribution in [2.24, 2.45) is 5.73 Å². The molecular weight excluding hydrogens is 228 g/mol. The van der Waals surface area contributed by atoms with Crippen LogP contribution in [0.4, 0.5) is 4.39 Å². The van der Waals surface area contributed by atoms with Crippen molar-refractivity contribution in [2.45, 2.75) is 12.5 Å². The van der Waals surface area contributed by atoms with E-state index in [4.69, 9.17) is 22.4 Å². The lowest BCUT2D eigenvalue weighted by atomic mass is 10.1. The molecule has 0 heterocycles. The Morgan fingerprint density at radius 1 is 1.50 bits per heavy atom. The smallest absolute Gasteiger partial charge is 0.126 e. The van der Waals surface area contributed by atoms with Crippen LogP contribution < -0.4 is 5.73 Å². The average Bonchev–Trinajstić information content (AvgIpc) is 2.11. The highest BCUT2D eigenvalue weighted by molar-refractivity contribution is 6.30. The Morgan fingerprint density at radius 3 is 2.71 bits per heavy atom. The van der Waals surface area contributed by atoms with Crippen LogP contribution in [-0.2, 0) is 6.42 Å². The predicted molar refractivity (Wildman–Crippen MR) is 57.4 cm³/mol. The summed E-state index contributed by atoms with van der Waals surface area (Å²) >= 11 is 5.67. The highest BCUT2D eigenvalue weighted by atomic mass is 35.5. The molecule has 0 aliphatic rings. The molecule has 3 N–H and O–H groups in total. The van der Waals surface area contributed by atoms with Crippen LogP contribution in [0.5, 0.6) is 0 Å². The van der Waals surface area contributed by atoms with Gasteiger partial charge in [-0.25, -0.2) is 4.39 Å². The Balaban J connectivity index is 0.00000169. The van der Waals surface area contributed by atoms with Gasteiger partial charge >= 0.3 is 0 Å². The van der Waals surface area contributed by atoms with Gasteiger partial charge in [-0.15, -0.1) is 12.4 Å². The molecule has 0 saturated carbocycles. The summed E-state index contributed by atoms with van der Waals surface area (Å²) in [6.07, 6.45) is 0.295. The number of rotatable bonds is 3. The largest absolute Gasteiger partial charge is 0.395 e. The van der Waals surface area contributed by atoms with Crippen LogP contribution >= 0.6 is 24.0 Å². The lowest BCUT2D eigenvalue weighted by molar-refractivity contribution is 0.264. The van der Waals surface area contributed by atoms with Crippen molar-refractivity contribution < 1.29 is 9.50 Å². The fourth-order valence-corrected chi connectivity index (χ4v) is 1.24. The van der Waals surface area contributed by atoms with Gasteiger partial charge in [0, 0.05) is 11.1 Å². The molecule has 1 unspecified atom stereocenters. The first-order valence-corrected chi connectivity index (χ1v) is 4.31. The molecule has 0 aliphatic heterocycles. The van der Waals surface area contributed by atoms with Gasteiger partial charge in [-0.2, -0.15) is 0 Å². The Kier molecular flexibility index (Phi) is 6.04. The molecule has 0 radical (unpaired) electrons. The molecule has 0 spiro atoms.